The topological polar surface area (TPSA) is 109 Å². The Kier molecular flexibility index (Phi) is 6.67. The summed E-state index contributed by atoms with van der Waals surface area (Å²) in [4.78, 5) is 0. The molecule has 2 saturated heterocycles. The van der Waals surface area contributed by atoms with Crippen molar-refractivity contribution in [3.8, 4) is 5.75 Å². The van der Waals surface area contributed by atoms with Crippen molar-refractivity contribution in [3.05, 3.63) is 64.2 Å². The summed E-state index contributed by atoms with van der Waals surface area (Å²) >= 11 is 6.41. The van der Waals surface area contributed by atoms with Crippen molar-refractivity contribution in [2.24, 2.45) is 0 Å². The molecule has 0 amide bonds. The average molecular weight is 501 g/mol. The van der Waals surface area contributed by atoms with Crippen LogP contribution in [0.1, 0.15) is 30.5 Å². The van der Waals surface area contributed by atoms with Crippen LogP contribution in [-0.4, -0.2) is 69.6 Å². The van der Waals surface area contributed by atoms with E-state index in [-0.39, 0.29) is 6.61 Å². The van der Waals surface area contributed by atoms with Gasteiger partial charge in [0.05, 0.1) is 12.2 Å². The third-order valence-electron chi connectivity index (χ3n) is 6.53. The van der Waals surface area contributed by atoms with Crippen molar-refractivity contribution in [1.82, 2.24) is 0 Å². The summed E-state index contributed by atoms with van der Waals surface area (Å²) in [6, 6.07) is 11.5. The van der Waals surface area contributed by atoms with Gasteiger partial charge >= 0.3 is 0 Å². The predicted octanol–water partition coefficient (Wildman–Crippen LogP) is 2.38. The number of hydrogen-bond acceptors (Lipinski definition) is 7. The van der Waals surface area contributed by atoms with E-state index in [9.17, 15) is 29.2 Å². The molecule has 2 bridgehead atoms. The third-order valence-corrected chi connectivity index (χ3v) is 6.90. The van der Waals surface area contributed by atoms with Gasteiger partial charge in [0.1, 0.15) is 30.7 Å². The molecule has 0 aliphatic carbocycles. The molecule has 0 aromatic heterocycles. The van der Waals surface area contributed by atoms with Crippen LogP contribution in [0.15, 0.2) is 42.5 Å². The highest BCUT2D eigenvalue weighted by atomic mass is 35.5. The molecule has 2 aliphatic heterocycles. The van der Waals surface area contributed by atoms with Crippen LogP contribution >= 0.6 is 11.6 Å². The first-order chi connectivity index (χ1) is 15.9. The zero-order chi connectivity index (χ0) is 24.9. The molecule has 10 heteroatoms. The number of aliphatic hydroxyl groups excluding tert-OH is 3. The van der Waals surface area contributed by atoms with Crippen LogP contribution in [-0.2, 0) is 21.7 Å². The molecule has 0 unspecified atom stereocenters. The Bertz CT molecular complexity index is 1030. The summed E-state index contributed by atoms with van der Waals surface area (Å²) < 4.78 is 41.6. The maximum Gasteiger partial charge on any atom is 0.272 e. The molecule has 186 valence electrons. The van der Waals surface area contributed by atoms with E-state index in [0.717, 1.165) is 5.56 Å². The van der Waals surface area contributed by atoms with Gasteiger partial charge in [0.2, 0.25) is 5.79 Å². The lowest BCUT2D eigenvalue weighted by Gasteiger charge is -2.50. The fourth-order valence-electron chi connectivity index (χ4n) is 4.49. The zero-order valence-corrected chi connectivity index (χ0v) is 19.4. The number of halogens is 3. The molecule has 0 saturated carbocycles. The maximum absolute atomic E-state index is 12.3. The summed E-state index contributed by atoms with van der Waals surface area (Å²) in [7, 11) is 0. The van der Waals surface area contributed by atoms with Gasteiger partial charge < -0.3 is 34.6 Å². The lowest BCUT2D eigenvalue weighted by molar-refractivity contribution is -0.348. The van der Waals surface area contributed by atoms with E-state index in [4.69, 9.17) is 25.8 Å². The minimum absolute atomic E-state index is 0.260. The fraction of sp³-hybridized carbons (Fsp3) is 0.500. The van der Waals surface area contributed by atoms with Gasteiger partial charge in [-0.3, -0.25) is 0 Å². The quantitative estimate of drug-likeness (QED) is 0.462. The highest BCUT2D eigenvalue weighted by Crippen LogP contribution is 2.53. The molecule has 0 radical (unpaired) electrons. The van der Waals surface area contributed by atoms with E-state index in [2.05, 4.69) is 0 Å². The van der Waals surface area contributed by atoms with Crippen molar-refractivity contribution >= 4 is 11.6 Å². The molecule has 5 atom stereocenters. The standard InChI is InChI=1S/C24H27ClF2O7/c1-22(2,31)23-12-33-24(34-23,21(30)19(28)20(23)29)15-5-8-17(25)14(10-15)9-13-3-6-16(7-4-13)32-11-18(26)27/h3-8,10,18-21,28-31H,9,11-12H2,1-2H3/t19-,20-,21+,23-,24-/m0/s1. The van der Waals surface area contributed by atoms with Crippen molar-refractivity contribution in [3.63, 3.8) is 0 Å². The highest BCUT2D eigenvalue weighted by molar-refractivity contribution is 6.31. The molecule has 2 aromatic carbocycles. The Morgan fingerprint density at radius 2 is 1.79 bits per heavy atom. The number of aliphatic hydroxyl groups is 4. The summed E-state index contributed by atoms with van der Waals surface area (Å²) in [5, 5.41) is 43.2. The largest absolute Gasteiger partial charge is 0.488 e. The van der Waals surface area contributed by atoms with Gasteiger partial charge in [0.15, 0.2) is 5.60 Å². The smallest absolute Gasteiger partial charge is 0.272 e. The van der Waals surface area contributed by atoms with E-state index in [0.29, 0.717) is 28.3 Å². The fourth-order valence-corrected chi connectivity index (χ4v) is 4.68. The van der Waals surface area contributed by atoms with Crippen LogP contribution in [0.3, 0.4) is 0 Å². The van der Waals surface area contributed by atoms with E-state index >= 15 is 0 Å². The minimum atomic E-state index is -2.56. The molecule has 2 aromatic rings. The molecule has 2 heterocycles. The van der Waals surface area contributed by atoms with E-state index < -0.39 is 48.3 Å². The molecule has 0 spiro atoms. The average Bonchev–Trinajstić information content (AvgIpc) is 3.18. The van der Waals surface area contributed by atoms with E-state index in [1.807, 2.05) is 0 Å². The molecule has 7 nitrogen and oxygen atoms in total. The Hall–Kier alpha value is -1.85. The zero-order valence-electron chi connectivity index (χ0n) is 18.6. The summed E-state index contributed by atoms with van der Waals surface area (Å²) in [6.45, 7) is 1.91. The monoisotopic (exact) mass is 500 g/mol. The minimum Gasteiger partial charge on any atom is -0.488 e. The number of hydrogen-bond donors (Lipinski definition) is 4. The Balaban J connectivity index is 1.63. The van der Waals surface area contributed by atoms with Crippen LogP contribution < -0.4 is 4.74 Å². The second-order valence-corrected chi connectivity index (χ2v) is 9.62. The SMILES string of the molecule is CC(C)(O)[C@@]12CO[C@@](c3ccc(Cl)c(Cc4ccc(OCC(F)F)cc4)c3)(O1)[C@H](O)[C@@H](O)[C@@H]2O. The molecule has 2 fully saturated rings. The first-order valence-electron chi connectivity index (χ1n) is 10.8. The van der Waals surface area contributed by atoms with Gasteiger partial charge in [-0.2, -0.15) is 0 Å². The predicted molar refractivity (Wildman–Crippen MR) is 118 cm³/mol. The van der Waals surface area contributed by atoms with Gasteiger partial charge in [0, 0.05) is 10.6 Å². The second kappa shape index (κ2) is 8.98. The van der Waals surface area contributed by atoms with Crippen molar-refractivity contribution < 1.29 is 43.4 Å². The first kappa shape index (κ1) is 25.2. The van der Waals surface area contributed by atoms with E-state index in [1.54, 1.807) is 42.5 Å². The van der Waals surface area contributed by atoms with E-state index in [1.165, 1.54) is 13.8 Å². The van der Waals surface area contributed by atoms with Crippen molar-refractivity contribution in [2.75, 3.05) is 13.2 Å². The Morgan fingerprint density at radius 3 is 2.41 bits per heavy atom. The van der Waals surface area contributed by atoms with Crippen molar-refractivity contribution in [1.29, 1.82) is 0 Å². The Morgan fingerprint density at radius 1 is 1.12 bits per heavy atom. The van der Waals surface area contributed by atoms with Crippen LogP contribution in [0, 0.1) is 0 Å². The first-order valence-corrected chi connectivity index (χ1v) is 11.2. The molecular formula is C24H27ClF2O7. The third kappa shape index (κ3) is 4.19. The lowest BCUT2D eigenvalue weighted by atomic mass is 9.75. The summed E-state index contributed by atoms with van der Waals surface area (Å²) in [5.41, 5.74) is -1.44. The van der Waals surface area contributed by atoms with Crippen LogP contribution in [0.2, 0.25) is 5.02 Å². The number of ether oxygens (including phenoxy) is 3. The van der Waals surface area contributed by atoms with Gasteiger partial charge in [-0.05, 0) is 55.7 Å². The van der Waals surface area contributed by atoms with Crippen LogP contribution in [0.4, 0.5) is 8.78 Å². The molecule has 4 rings (SSSR count). The normalized spacial score (nSPS) is 31.2. The molecule has 2 aliphatic rings. The Labute approximate surface area is 200 Å². The molecule has 34 heavy (non-hydrogen) atoms. The van der Waals surface area contributed by atoms with Crippen molar-refractivity contribution in [2.45, 2.75) is 62.0 Å². The highest BCUT2D eigenvalue weighted by Gasteiger charge is 2.71. The van der Waals surface area contributed by atoms with Crippen LogP contribution in [0.5, 0.6) is 5.75 Å². The molecular weight excluding hydrogens is 474 g/mol. The number of fused-ring (bicyclic) bond motifs is 2. The second-order valence-electron chi connectivity index (χ2n) is 9.22. The summed E-state index contributed by atoms with van der Waals surface area (Å²) in [5.74, 6) is -1.51. The van der Waals surface area contributed by atoms with Gasteiger partial charge in [-0.1, -0.05) is 29.8 Å². The number of rotatable bonds is 7. The van der Waals surface area contributed by atoms with Gasteiger partial charge in [0.25, 0.3) is 6.43 Å². The number of alkyl halides is 2. The van der Waals surface area contributed by atoms with Gasteiger partial charge in [-0.25, -0.2) is 8.78 Å². The molecule has 4 N–H and O–H groups in total. The van der Waals surface area contributed by atoms with Crippen LogP contribution in [0.25, 0.3) is 0 Å². The summed E-state index contributed by atoms with van der Waals surface area (Å²) in [6.07, 6.45) is -7.07. The number of benzene rings is 2. The van der Waals surface area contributed by atoms with Gasteiger partial charge in [-0.15, -0.1) is 0 Å². The lowest BCUT2D eigenvalue weighted by Crippen LogP contribution is -2.70. The maximum atomic E-state index is 12.3.